The Morgan fingerprint density at radius 2 is 2.00 bits per heavy atom. The lowest BCUT2D eigenvalue weighted by Gasteiger charge is -2.37. The van der Waals surface area contributed by atoms with Gasteiger partial charge in [0.05, 0.1) is 17.0 Å². The summed E-state index contributed by atoms with van der Waals surface area (Å²) in [6.07, 6.45) is 5.57. The highest BCUT2D eigenvalue weighted by atomic mass is 16.5. The van der Waals surface area contributed by atoms with Gasteiger partial charge in [0, 0.05) is 50.9 Å². The van der Waals surface area contributed by atoms with Gasteiger partial charge in [-0.25, -0.2) is 9.97 Å². The molecule has 1 atom stereocenters. The lowest BCUT2D eigenvalue weighted by Crippen LogP contribution is -2.51. The zero-order chi connectivity index (χ0) is 20.2. The number of hydrogen-bond acceptors (Lipinski definition) is 6. The molecule has 1 unspecified atom stereocenters. The summed E-state index contributed by atoms with van der Waals surface area (Å²) in [5.74, 6) is 0.860. The first-order chi connectivity index (χ1) is 14.1. The third kappa shape index (κ3) is 4.96. The number of hydrogen-bond donors (Lipinski definition) is 1. The van der Waals surface area contributed by atoms with E-state index in [1.165, 1.54) is 5.69 Å². The van der Waals surface area contributed by atoms with Gasteiger partial charge < -0.3 is 15.0 Å². The minimum Gasteiger partial charge on any atom is -0.474 e. The number of amides is 1. The number of piperazine rings is 1. The third-order valence-electron chi connectivity index (χ3n) is 5.72. The molecule has 7 nitrogen and oxygen atoms in total. The van der Waals surface area contributed by atoms with Gasteiger partial charge in [-0.2, -0.15) is 0 Å². The first-order valence-corrected chi connectivity index (χ1v) is 10.8. The van der Waals surface area contributed by atoms with Crippen molar-refractivity contribution in [3.8, 4) is 5.88 Å². The van der Waals surface area contributed by atoms with Gasteiger partial charge in [0.2, 0.25) is 11.8 Å². The molecule has 4 rings (SSSR count). The summed E-state index contributed by atoms with van der Waals surface area (Å²) in [7, 11) is 0. The summed E-state index contributed by atoms with van der Waals surface area (Å²) in [6, 6.07) is 6.63. The molecule has 29 heavy (non-hydrogen) atoms. The molecule has 1 N–H and O–H groups in total. The molecule has 2 aromatic rings. The molecular formula is C22H31N5O2. The Morgan fingerprint density at radius 1 is 1.17 bits per heavy atom. The normalized spacial score (nSPS) is 21.3. The molecule has 0 aliphatic carbocycles. The number of fused-ring (bicyclic) bond motifs is 1. The molecule has 0 spiro atoms. The van der Waals surface area contributed by atoms with Crippen molar-refractivity contribution in [2.75, 3.05) is 37.6 Å². The zero-order valence-corrected chi connectivity index (χ0v) is 17.4. The quantitative estimate of drug-likeness (QED) is 0.836. The van der Waals surface area contributed by atoms with Crippen LogP contribution in [0.15, 0.2) is 24.5 Å². The first kappa shape index (κ1) is 19.9. The van der Waals surface area contributed by atoms with E-state index < -0.39 is 0 Å². The van der Waals surface area contributed by atoms with E-state index in [4.69, 9.17) is 4.74 Å². The Hall–Kier alpha value is -2.41. The second-order valence-electron chi connectivity index (χ2n) is 8.34. The topological polar surface area (TPSA) is 70.6 Å². The van der Waals surface area contributed by atoms with Crippen LogP contribution >= 0.6 is 0 Å². The van der Waals surface area contributed by atoms with Crippen LogP contribution in [-0.4, -0.2) is 65.6 Å². The van der Waals surface area contributed by atoms with Gasteiger partial charge in [0.25, 0.3) is 0 Å². The van der Waals surface area contributed by atoms with Crippen LogP contribution < -0.4 is 15.0 Å². The predicted octanol–water partition coefficient (Wildman–Crippen LogP) is 2.60. The van der Waals surface area contributed by atoms with E-state index in [-0.39, 0.29) is 12.0 Å². The Kier molecular flexibility index (Phi) is 6.13. The molecular weight excluding hydrogens is 366 g/mol. The standard InChI is InChI=1S/C22H31N5O2/c1-16(2)29-22-19-13-18(7-8-20(19)23-15-24-22)27-11-9-26(10-12-27)14-17-5-3-4-6-21(28)25-17/h7-8,13,15-17H,3-6,9-12,14H2,1-2H3,(H,25,28). The number of anilines is 1. The smallest absolute Gasteiger partial charge is 0.224 e. The van der Waals surface area contributed by atoms with Crippen LogP contribution in [0.4, 0.5) is 5.69 Å². The first-order valence-electron chi connectivity index (χ1n) is 10.8. The molecule has 2 saturated heterocycles. The summed E-state index contributed by atoms with van der Waals surface area (Å²) in [4.78, 5) is 25.4. The Bertz CT molecular complexity index is 848. The molecule has 0 bridgehead atoms. The molecule has 0 saturated carbocycles. The van der Waals surface area contributed by atoms with Gasteiger partial charge in [-0.05, 0) is 44.9 Å². The second kappa shape index (κ2) is 8.95. The number of carbonyl (C=O) groups is 1. The number of nitrogens with zero attached hydrogens (tertiary/aromatic N) is 4. The molecule has 7 heteroatoms. The van der Waals surface area contributed by atoms with Gasteiger partial charge in [0.1, 0.15) is 6.33 Å². The van der Waals surface area contributed by atoms with Crippen molar-refractivity contribution in [2.24, 2.45) is 0 Å². The maximum atomic E-state index is 11.8. The van der Waals surface area contributed by atoms with Crippen molar-refractivity contribution < 1.29 is 9.53 Å². The predicted molar refractivity (Wildman–Crippen MR) is 114 cm³/mol. The Morgan fingerprint density at radius 3 is 2.79 bits per heavy atom. The van der Waals surface area contributed by atoms with Crippen LogP contribution in [-0.2, 0) is 4.79 Å². The molecule has 2 aliphatic rings. The summed E-state index contributed by atoms with van der Waals surface area (Å²) in [6.45, 7) is 8.93. The average Bonchev–Trinajstić information content (AvgIpc) is 2.92. The fraction of sp³-hybridized carbons (Fsp3) is 0.591. The van der Waals surface area contributed by atoms with Crippen LogP contribution in [0.2, 0.25) is 0 Å². The highest BCUT2D eigenvalue weighted by Gasteiger charge is 2.23. The summed E-state index contributed by atoms with van der Waals surface area (Å²) in [5.41, 5.74) is 2.09. The van der Waals surface area contributed by atoms with E-state index in [1.54, 1.807) is 6.33 Å². The minimum atomic E-state index is 0.0739. The number of carbonyl (C=O) groups excluding carboxylic acids is 1. The van der Waals surface area contributed by atoms with Crippen LogP contribution in [0.1, 0.15) is 39.5 Å². The fourth-order valence-electron chi connectivity index (χ4n) is 4.22. The number of aromatic nitrogens is 2. The van der Waals surface area contributed by atoms with Crippen molar-refractivity contribution >= 4 is 22.5 Å². The maximum absolute atomic E-state index is 11.8. The van der Waals surface area contributed by atoms with Gasteiger partial charge in [0.15, 0.2) is 0 Å². The van der Waals surface area contributed by atoms with Gasteiger partial charge >= 0.3 is 0 Å². The SMILES string of the molecule is CC(C)Oc1ncnc2ccc(N3CCN(CC4CCCCC(=O)N4)CC3)cc12. The van der Waals surface area contributed by atoms with Crippen molar-refractivity contribution in [3.05, 3.63) is 24.5 Å². The highest BCUT2D eigenvalue weighted by Crippen LogP contribution is 2.28. The van der Waals surface area contributed by atoms with E-state index in [9.17, 15) is 4.79 Å². The Balaban J connectivity index is 1.40. The molecule has 156 valence electrons. The third-order valence-corrected chi connectivity index (χ3v) is 5.72. The number of nitrogens with one attached hydrogen (secondary N) is 1. The van der Waals surface area contributed by atoms with Crippen molar-refractivity contribution in [1.82, 2.24) is 20.2 Å². The second-order valence-corrected chi connectivity index (χ2v) is 8.34. The van der Waals surface area contributed by atoms with Crippen LogP contribution in [0.5, 0.6) is 5.88 Å². The lowest BCUT2D eigenvalue weighted by molar-refractivity contribution is -0.121. The van der Waals surface area contributed by atoms with E-state index in [0.717, 1.165) is 62.9 Å². The largest absolute Gasteiger partial charge is 0.474 e. The lowest BCUT2D eigenvalue weighted by atomic mass is 10.1. The summed E-state index contributed by atoms with van der Waals surface area (Å²) < 4.78 is 5.88. The molecule has 1 amide bonds. The summed E-state index contributed by atoms with van der Waals surface area (Å²) in [5, 5.41) is 4.15. The van der Waals surface area contributed by atoms with Crippen LogP contribution in [0, 0.1) is 0 Å². The number of ether oxygens (including phenoxy) is 1. The average molecular weight is 398 g/mol. The maximum Gasteiger partial charge on any atom is 0.224 e. The van der Waals surface area contributed by atoms with E-state index >= 15 is 0 Å². The van der Waals surface area contributed by atoms with Gasteiger partial charge in [-0.3, -0.25) is 9.69 Å². The highest BCUT2D eigenvalue weighted by molar-refractivity contribution is 5.86. The summed E-state index contributed by atoms with van der Waals surface area (Å²) >= 11 is 0. The molecule has 2 aliphatic heterocycles. The molecule has 1 aromatic carbocycles. The van der Waals surface area contributed by atoms with Crippen LogP contribution in [0.25, 0.3) is 10.9 Å². The van der Waals surface area contributed by atoms with Crippen molar-refractivity contribution in [2.45, 2.75) is 51.7 Å². The van der Waals surface area contributed by atoms with Crippen LogP contribution in [0.3, 0.4) is 0 Å². The molecule has 1 aromatic heterocycles. The molecule has 2 fully saturated rings. The van der Waals surface area contributed by atoms with Crippen molar-refractivity contribution in [3.63, 3.8) is 0 Å². The van der Waals surface area contributed by atoms with E-state index in [2.05, 4.69) is 37.2 Å². The van der Waals surface area contributed by atoms with Gasteiger partial charge in [-0.15, -0.1) is 0 Å². The number of benzene rings is 1. The monoisotopic (exact) mass is 397 g/mol. The van der Waals surface area contributed by atoms with E-state index in [0.29, 0.717) is 18.3 Å². The molecule has 3 heterocycles. The number of rotatable bonds is 5. The minimum absolute atomic E-state index is 0.0739. The van der Waals surface area contributed by atoms with Crippen molar-refractivity contribution in [1.29, 1.82) is 0 Å². The fourth-order valence-corrected chi connectivity index (χ4v) is 4.22. The zero-order valence-electron chi connectivity index (χ0n) is 17.4. The van der Waals surface area contributed by atoms with E-state index in [1.807, 2.05) is 19.9 Å². The Labute approximate surface area is 172 Å². The van der Waals surface area contributed by atoms with Gasteiger partial charge in [-0.1, -0.05) is 6.42 Å². The molecule has 0 radical (unpaired) electrons.